The number of nitrogens with one attached hydrogen (secondary N) is 1. The van der Waals surface area contributed by atoms with Crippen LogP contribution in [0.3, 0.4) is 0 Å². The molecular formula is C14H16N2O4. The number of carbonyl (C=O) groups excluding carboxylic acids is 2. The first-order valence-corrected chi connectivity index (χ1v) is 6.55. The Morgan fingerprint density at radius 1 is 1.30 bits per heavy atom. The molecule has 1 aromatic rings. The van der Waals surface area contributed by atoms with Gasteiger partial charge in [0.05, 0.1) is 12.8 Å². The van der Waals surface area contributed by atoms with Crippen LogP contribution in [0.4, 0.5) is 10.5 Å². The van der Waals surface area contributed by atoms with Crippen LogP contribution in [0.25, 0.3) is 0 Å². The molecule has 2 fully saturated rings. The zero-order valence-corrected chi connectivity index (χ0v) is 11.2. The Kier molecular flexibility index (Phi) is 3.10. The van der Waals surface area contributed by atoms with Gasteiger partial charge in [-0.05, 0) is 12.1 Å². The number of hydrogen-bond donors (Lipinski definition) is 1. The highest BCUT2D eigenvalue weighted by Gasteiger charge is 2.52. The largest absolute Gasteiger partial charge is 0.497 e. The van der Waals surface area contributed by atoms with Gasteiger partial charge in [0.2, 0.25) is 0 Å². The lowest BCUT2D eigenvalue weighted by molar-refractivity contribution is -0.125. The standard InChI is InChI=1S/C14H16N2O4/c1-19-11-4-2-3-10(9-11)16-12(17)14(15-13(16)18)5-7-20-8-6-14/h2-4,9H,5-8H2,1H3,(H,15,18). The monoisotopic (exact) mass is 276 g/mol. The summed E-state index contributed by atoms with van der Waals surface area (Å²) in [4.78, 5) is 26.0. The van der Waals surface area contributed by atoms with Crippen molar-refractivity contribution < 1.29 is 19.1 Å². The molecule has 20 heavy (non-hydrogen) atoms. The first kappa shape index (κ1) is 12.9. The van der Waals surface area contributed by atoms with Gasteiger partial charge in [0.1, 0.15) is 11.3 Å². The van der Waals surface area contributed by atoms with Crippen molar-refractivity contribution in [3.05, 3.63) is 24.3 Å². The van der Waals surface area contributed by atoms with Gasteiger partial charge in [-0.2, -0.15) is 0 Å². The number of benzene rings is 1. The molecule has 0 bridgehead atoms. The molecule has 3 amide bonds. The number of amides is 3. The molecule has 2 aliphatic heterocycles. The molecule has 0 radical (unpaired) electrons. The summed E-state index contributed by atoms with van der Waals surface area (Å²) in [7, 11) is 1.55. The number of urea groups is 1. The summed E-state index contributed by atoms with van der Waals surface area (Å²) in [5.41, 5.74) is -0.284. The third-order valence-corrected chi connectivity index (χ3v) is 3.82. The second kappa shape index (κ2) is 4.79. The normalized spacial score (nSPS) is 21.1. The summed E-state index contributed by atoms with van der Waals surface area (Å²) in [6, 6.07) is 6.54. The molecule has 2 aliphatic rings. The van der Waals surface area contributed by atoms with E-state index in [-0.39, 0.29) is 11.9 Å². The lowest BCUT2D eigenvalue weighted by Gasteiger charge is -2.30. The smallest absolute Gasteiger partial charge is 0.329 e. The van der Waals surface area contributed by atoms with E-state index >= 15 is 0 Å². The van der Waals surface area contributed by atoms with Crippen LogP contribution < -0.4 is 15.0 Å². The molecule has 1 N–H and O–H groups in total. The van der Waals surface area contributed by atoms with Crippen LogP contribution in [-0.4, -0.2) is 37.8 Å². The summed E-state index contributed by atoms with van der Waals surface area (Å²) in [6.45, 7) is 0.968. The maximum Gasteiger partial charge on any atom is 0.329 e. The summed E-state index contributed by atoms with van der Waals surface area (Å²) in [5.74, 6) is 0.398. The molecule has 0 aliphatic carbocycles. The summed E-state index contributed by atoms with van der Waals surface area (Å²) >= 11 is 0. The fourth-order valence-electron chi connectivity index (χ4n) is 2.66. The summed E-state index contributed by atoms with van der Waals surface area (Å²) in [5, 5.41) is 2.82. The zero-order chi connectivity index (χ0) is 14.2. The van der Waals surface area contributed by atoms with Crippen molar-refractivity contribution in [2.45, 2.75) is 18.4 Å². The van der Waals surface area contributed by atoms with Gasteiger partial charge in [-0.3, -0.25) is 4.79 Å². The van der Waals surface area contributed by atoms with Gasteiger partial charge in [-0.15, -0.1) is 0 Å². The first-order valence-electron chi connectivity index (χ1n) is 6.55. The minimum absolute atomic E-state index is 0.209. The molecule has 0 atom stereocenters. The number of anilines is 1. The molecule has 6 nitrogen and oxygen atoms in total. The second-order valence-electron chi connectivity index (χ2n) is 4.97. The second-order valence-corrected chi connectivity index (χ2v) is 4.97. The van der Waals surface area contributed by atoms with Crippen molar-refractivity contribution in [3.63, 3.8) is 0 Å². The predicted molar refractivity (Wildman–Crippen MR) is 71.8 cm³/mol. The minimum Gasteiger partial charge on any atom is -0.497 e. The van der Waals surface area contributed by atoms with E-state index in [9.17, 15) is 9.59 Å². The lowest BCUT2D eigenvalue weighted by atomic mass is 9.90. The van der Waals surface area contributed by atoms with Crippen molar-refractivity contribution in [1.82, 2.24) is 5.32 Å². The molecule has 1 spiro atoms. The highest BCUT2D eigenvalue weighted by Crippen LogP contribution is 2.32. The Balaban J connectivity index is 1.93. The fraction of sp³-hybridized carbons (Fsp3) is 0.429. The van der Waals surface area contributed by atoms with Crippen molar-refractivity contribution in [2.24, 2.45) is 0 Å². The third kappa shape index (κ3) is 1.92. The summed E-state index contributed by atoms with van der Waals surface area (Å²) < 4.78 is 10.4. The predicted octanol–water partition coefficient (Wildman–Crippen LogP) is 1.30. The molecule has 6 heteroatoms. The van der Waals surface area contributed by atoms with Gasteiger partial charge >= 0.3 is 6.03 Å². The van der Waals surface area contributed by atoms with E-state index in [1.807, 2.05) is 0 Å². The average Bonchev–Trinajstić information content (AvgIpc) is 2.71. The van der Waals surface area contributed by atoms with Gasteiger partial charge in [0, 0.05) is 32.1 Å². The van der Waals surface area contributed by atoms with Crippen LogP contribution in [0.15, 0.2) is 24.3 Å². The van der Waals surface area contributed by atoms with Crippen molar-refractivity contribution >= 4 is 17.6 Å². The van der Waals surface area contributed by atoms with Crippen LogP contribution in [0.2, 0.25) is 0 Å². The highest BCUT2D eigenvalue weighted by molar-refractivity contribution is 6.23. The topological polar surface area (TPSA) is 67.9 Å². The van der Waals surface area contributed by atoms with Crippen LogP contribution in [0, 0.1) is 0 Å². The number of hydrogen-bond acceptors (Lipinski definition) is 4. The van der Waals surface area contributed by atoms with Crippen LogP contribution in [0.5, 0.6) is 5.75 Å². The Morgan fingerprint density at radius 2 is 2.05 bits per heavy atom. The number of carbonyl (C=O) groups is 2. The Morgan fingerprint density at radius 3 is 2.75 bits per heavy atom. The molecule has 0 aromatic heterocycles. The number of ether oxygens (including phenoxy) is 2. The maximum absolute atomic E-state index is 12.6. The van der Waals surface area contributed by atoms with E-state index in [4.69, 9.17) is 9.47 Å². The van der Waals surface area contributed by atoms with E-state index in [0.29, 0.717) is 37.5 Å². The van der Waals surface area contributed by atoms with Gasteiger partial charge in [-0.1, -0.05) is 6.07 Å². The Hall–Kier alpha value is -2.08. The summed E-state index contributed by atoms with van der Waals surface area (Å²) in [6.07, 6.45) is 1.02. The SMILES string of the molecule is COc1cccc(N2C(=O)NC3(CCOCC3)C2=O)c1. The van der Waals surface area contributed by atoms with Crippen molar-refractivity contribution in [1.29, 1.82) is 0 Å². The zero-order valence-electron chi connectivity index (χ0n) is 11.2. The molecule has 106 valence electrons. The van der Waals surface area contributed by atoms with E-state index in [1.165, 1.54) is 4.90 Å². The number of nitrogens with zero attached hydrogens (tertiary/aromatic N) is 1. The Labute approximate surface area is 116 Å². The van der Waals surface area contributed by atoms with Crippen LogP contribution in [0.1, 0.15) is 12.8 Å². The number of rotatable bonds is 2. The highest BCUT2D eigenvalue weighted by atomic mass is 16.5. The van der Waals surface area contributed by atoms with E-state index in [2.05, 4.69) is 5.32 Å². The van der Waals surface area contributed by atoms with Crippen molar-refractivity contribution in [3.8, 4) is 5.75 Å². The van der Waals surface area contributed by atoms with Gasteiger partial charge < -0.3 is 14.8 Å². The van der Waals surface area contributed by atoms with Crippen LogP contribution in [-0.2, 0) is 9.53 Å². The van der Waals surface area contributed by atoms with Gasteiger partial charge in [0.15, 0.2) is 0 Å². The quantitative estimate of drug-likeness (QED) is 0.827. The molecular weight excluding hydrogens is 260 g/mol. The average molecular weight is 276 g/mol. The first-order chi connectivity index (χ1) is 9.66. The molecule has 0 saturated carbocycles. The molecule has 2 heterocycles. The molecule has 3 rings (SSSR count). The third-order valence-electron chi connectivity index (χ3n) is 3.82. The Bertz CT molecular complexity index is 552. The molecule has 0 unspecified atom stereocenters. The van der Waals surface area contributed by atoms with Crippen LogP contribution >= 0.6 is 0 Å². The maximum atomic E-state index is 12.6. The lowest BCUT2D eigenvalue weighted by Crippen LogP contribution is -2.51. The minimum atomic E-state index is -0.807. The van der Waals surface area contributed by atoms with E-state index in [1.54, 1.807) is 31.4 Å². The van der Waals surface area contributed by atoms with Crippen molar-refractivity contribution in [2.75, 3.05) is 25.2 Å². The van der Waals surface area contributed by atoms with Gasteiger partial charge in [0.25, 0.3) is 5.91 Å². The molecule has 2 saturated heterocycles. The molecule has 1 aromatic carbocycles. The number of imide groups is 1. The number of methoxy groups -OCH3 is 1. The van der Waals surface area contributed by atoms with Gasteiger partial charge in [-0.25, -0.2) is 9.69 Å². The van der Waals surface area contributed by atoms with E-state index < -0.39 is 5.54 Å². The van der Waals surface area contributed by atoms with E-state index in [0.717, 1.165) is 0 Å². The fourth-order valence-corrected chi connectivity index (χ4v) is 2.66.